The van der Waals surface area contributed by atoms with Crippen LogP contribution in [0.25, 0.3) is 11.4 Å². The normalized spacial score (nSPS) is 26.0. The van der Waals surface area contributed by atoms with Crippen LogP contribution in [0, 0.1) is 12.7 Å². The second-order valence-corrected chi connectivity index (χ2v) is 6.22. The Kier molecular flexibility index (Phi) is 3.53. The van der Waals surface area contributed by atoms with E-state index in [2.05, 4.69) is 10.1 Å². The van der Waals surface area contributed by atoms with Crippen molar-refractivity contribution in [3.63, 3.8) is 0 Å². The third-order valence-corrected chi connectivity index (χ3v) is 4.42. The number of benzene rings is 1. The quantitative estimate of drug-likeness (QED) is 0.918. The van der Waals surface area contributed by atoms with E-state index in [1.54, 1.807) is 19.1 Å². The minimum Gasteiger partial charge on any atom is -0.339 e. The summed E-state index contributed by atoms with van der Waals surface area (Å²) in [6.45, 7) is 3.76. The predicted octanol–water partition coefficient (Wildman–Crippen LogP) is 3.56. The van der Waals surface area contributed by atoms with Crippen LogP contribution in [-0.4, -0.2) is 15.7 Å². The van der Waals surface area contributed by atoms with Crippen LogP contribution in [0.4, 0.5) is 4.39 Å². The lowest BCUT2D eigenvalue weighted by Gasteiger charge is -2.35. The topological polar surface area (TPSA) is 64.9 Å². The molecule has 1 fully saturated rings. The first-order valence-electron chi connectivity index (χ1n) is 7.36. The van der Waals surface area contributed by atoms with Gasteiger partial charge in [-0.15, -0.1) is 0 Å². The highest BCUT2D eigenvalue weighted by molar-refractivity contribution is 5.55. The Balaban J connectivity index is 1.90. The summed E-state index contributed by atoms with van der Waals surface area (Å²) in [6.07, 6.45) is 4.16. The molecule has 1 aromatic carbocycles. The number of aromatic nitrogens is 2. The molecular formula is C16H20FN3O. The lowest BCUT2D eigenvalue weighted by molar-refractivity contribution is 0.223. The van der Waals surface area contributed by atoms with Crippen molar-refractivity contribution in [3.8, 4) is 11.4 Å². The maximum absolute atomic E-state index is 13.6. The summed E-state index contributed by atoms with van der Waals surface area (Å²) in [5.41, 5.74) is 7.27. The summed E-state index contributed by atoms with van der Waals surface area (Å²) < 4.78 is 19.0. The third-order valence-electron chi connectivity index (χ3n) is 4.42. The molecule has 0 bridgehead atoms. The molecule has 0 radical (unpaired) electrons. The molecule has 3 rings (SSSR count). The molecule has 2 unspecified atom stereocenters. The highest BCUT2D eigenvalue weighted by Gasteiger charge is 2.37. The molecule has 112 valence electrons. The van der Waals surface area contributed by atoms with Crippen molar-refractivity contribution in [3.05, 3.63) is 35.5 Å². The maximum atomic E-state index is 13.6. The Morgan fingerprint density at radius 2 is 2.19 bits per heavy atom. The first-order valence-corrected chi connectivity index (χ1v) is 7.36. The number of rotatable bonds is 2. The highest BCUT2D eigenvalue weighted by atomic mass is 19.1. The van der Waals surface area contributed by atoms with E-state index >= 15 is 0 Å². The van der Waals surface area contributed by atoms with Crippen molar-refractivity contribution < 1.29 is 8.91 Å². The molecule has 0 aliphatic heterocycles. The molecule has 2 N–H and O–H groups in total. The van der Waals surface area contributed by atoms with Gasteiger partial charge in [0, 0.05) is 11.1 Å². The minimum absolute atomic E-state index is 0.0720. The number of nitrogens with zero attached hydrogens (tertiary/aromatic N) is 2. The summed E-state index contributed by atoms with van der Waals surface area (Å²) in [6, 6.07) is 4.95. The van der Waals surface area contributed by atoms with Gasteiger partial charge in [0.15, 0.2) is 0 Å². The fourth-order valence-corrected chi connectivity index (χ4v) is 2.99. The molecule has 0 amide bonds. The van der Waals surface area contributed by atoms with E-state index in [1.165, 1.54) is 6.07 Å². The summed E-state index contributed by atoms with van der Waals surface area (Å²) >= 11 is 0. The van der Waals surface area contributed by atoms with Crippen molar-refractivity contribution in [1.29, 1.82) is 0 Å². The highest BCUT2D eigenvalue weighted by Crippen LogP contribution is 2.38. The number of halogens is 1. The van der Waals surface area contributed by atoms with Gasteiger partial charge >= 0.3 is 0 Å². The third kappa shape index (κ3) is 2.70. The molecule has 0 saturated heterocycles. The molecule has 0 spiro atoms. The Hall–Kier alpha value is -1.75. The maximum Gasteiger partial charge on any atom is 0.231 e. The number of nitrogens with two attached hydrogens (primary N) is 1. The SMILES string of the molecule is Cc1ccc(-c2noc(C3CCCCC3(C)N)n2)cc1F. The summed E-state index contributed by atoms with van der Waals surface area (Å²) in [4.78, 5) is 4.45. The predicted molar refractivity (Wildman–Crippen MR) is 78.2 cm³/mol. The van der Waals surface area contributed by atoms with Crippen molar-refractivity contribution >= 4 is 0 Å². The van der Waals surface area contributed by atoms with Gasteiger partial charge in [-0.3, -0.25) is 0 Å². The Bertz CT molecular complexity index is 651. The monoisotopic (exact) mass is 289 g/mol. The number of hydrogen-bond acceptors (Lipinski definition) is 4. The van der Waals surface area contributed by atoms with E-state index in [0.29, 0.717) is 22.8 Å². The van der Waals surface area contributed by atoms with Gasteiger partial charge in [0.05, 0.1) is 5.92 Å². The van der Waals surface area contributed by atoms with Crippen molar-refractivity contribution in [2.24, 2.45) is 5.73 Å². The second kappa shape index (κ2) is 5.22. The molecular weight excluding hydrogens is 269 g/mol. The van der Waals surface area contributed by atoms with Crippen LogP contribution in [0.5, 0.6) is 0 Å². The molecule has 5 heteroatoms. The van der Waals surface area contributed by atoms with E-state index in [-0.39, 0.29) is 17.3 Å². The van der Waals surface area contributed by atoms with E-state index in [4.69, 9.17) is 10.3 Å². The first kappa shape index (κ1) is 14.2. The molecule has 4 nitrogen and oxygen atoms in total. The van der Waals surface area contributed by atoms with Gasteiger partial charge in [0.25, 0.3) is 0 Å². The van der Waals surface area contributed by atoms with Crippen LogP contribution in [0.2, 0.25) is 0 Å². The molecule has 1 heterocycles. The smallest absolute Gasteiger partial charge is 0.231 e. The minimum atomic E-state index is -0.319. The van der Waals surface area contributed by atoms with Gasteiger partial charge in [0.2, 0.25) is 11.7 Å². The van der Waals surface area contributed by atoms with Crippen LogP contribution < -0.4 is 5.73 Å². The molecule has 1 aliphatic rings. The molecule has 2 aromatic rings. The van der Waals surface area contributed by atoms with Gasteiger partial charge in [-0.2, -0.15) is 4.98 Å². The van der Waals surface area contributed by atoms with Crippen molar-refractivity contribution in [1.82, 2.24) is 10.1 Å². The van der Waals surface area contributed by atoms with Crippen LogP contribution >= 0.6 is 0 Å². The Morgan fingerprint density at radius 1 is 1.38 bits per heavy atom. The fourth-order valence-electron chi connectivity index (χ4n) is 2.99. The second-order valence-electron chi connectivity index (χ2n) is 6.22. The summed E-state index contributed by atoms with van der Waals surface area (Å²) in [5, 5.41) is 3.99. The zero-order valence-corrected chi connectivity index (χ0v) is 12.4. The molecule has 1 saturated carbocycles. The molecule has 1 aromatic heterocycles. The standard InChI is InChI=1S/C16H20FN3O/c1-10-6-7-11(9-13(10)17)14-19-15(21-20-14)12-5-3-4-8-16(12,2)18/h6-7,9,12H,3-5,8,18H2,1-2H3. The zero-order valence-electron chi connectivity index (χ0n) is 12.4. The number of aryl methyl sites for hydroxylation is 1. The van der Waals surface area contributed by atoms with Crippen LogP contribution in [0.15, 0.2) is 22.7 Å². The van der Waals surface area contributed by atoms with Gasteiger partial charge < -0.3 is 10.3 Å². The fraction of sp³-hybridized carbons (Fsp3) is 0.500. The van der Waals surface area contributed by atoms with Crippen molar-refractivity contribution in [2.45, 2.75) is 51.0 Å². The number of hydrogen-bond donors (Lipinski definition) is 1. The van der Waals surface area contributed by atoms with Gasteiger partial charge in [-0.25, -0.2) is 4.39 Å². The van der Waals surface area contributed by atoms with Gasteiger partial charge in [-0.1, -0.05) is 30.1 Å². The molecule has 2 atom stereocenters. The van der Waals surface area contributed by atoms with Crippen LogP contribution in [-0.2, 0) is 0 Å². The lowest BCUT2D eigenvalue weighted by atomic mass is 9.74. The largest absolute Gasteiger partial charge is 0.339 e. The molecule has 1 aliphatic carbocycles. The average Bonchev–Trinajstić information content (AvgIpc) is 2.91. The Morgan fingerprint density at radius 3 is 2.90 bits per heavy atom. The summed E-state index contributed by atoms with van der Waals surface area (Å²) in [5.74, 6) is 0.795. The zero-order chi connectivity index (χ0) is 15.0. The van der Waals surface area contributed by atoms with E-state index < -0.39 is 0 Å². The average molecular weight is 289 g/mol. The molecule has 21 heavy (non-hydrogen) atoms. The Labute approximate surface area is 123 Å². The van der Waals surface area contributed by atoms with E-state index in [0.717, 1.165) is 25.7 Å². The lowest BCUT2D eigenvalue weighted by Crippen LogP contribution is -2.44. The van der Waals surface area contributed by atoms with Gasteiger partial charge in [-0.05, 0) is 38.3 Å². The van der Waals surface area contributed by atoms with Gasteiger partial charge in [0.1, 0.15) is 5.82 Å². The summed E-state index contributed by atoms with van der Waals surface area (Å²) in [7, 11) is 0. The van der Waals surface area contributed by atoms with E-state index in [1.807, 2.05) is 6.92 Å². The van der Waals surface area contributed by atoms with E-state index in [9.17, 15) is 4.39 Å². The van der Waals surface area contributed by atoms with Crippen molar-refractivity contribution in [2.75, 3.05) is 0 Å². The first-order chi connectivity index (χ1) is 9.97. The van der Waals surface area contributed by atoms with Crippen LogP contribution in [0.3, 0.4) is 0 Å². The van der Waals surface area contributed by atoms with Crippen LogP contribution in [0.1, 0.15) is 50.0 Å².